The van der Waals surface area contributed by atoms with E-state index in [4.69, 9.17) is 4.74 Å². The number of aromatic nitrogens is 3. The zero-order valence-corrected chi connectivity index (χ0v) is 15.7. The minimum absolute atomic E-state index is 0.0785. The predicted molar refractivity (Wildman–Crippen MR) is 98.1 cm³/mol. The van der Waals surface area contributed by atoms with Gasteiger partial charge in [-0.05, 0) is 26.7 Å². The Morgan fingerprint density at radius 2 is 1.96 bits per heavy atom. The first kappa shape index (κ1) is 19.0. The molecule has 6 nitrogen and oxygen atoms in total. The monoisotopic (exact) mass is 344 g/mol. The Hall–Kier alpha value is -2.37. The molecule has 2 aromatic rings. The molecule has 136 valence electrons. The summed E-state index contributed by atoms with van der Waals surface area (Å²) >= 11 is 0. The normalized spacial score (nSPS) is 14.0. The van der Waals surface area contributed by atoms with Crippen LogP contribution in [0.5, 0.6) is 0 Å². The molecule has 25 heavy (non-hydrogen) atoms. The minimum Gasteiger partial charge on any atom is -0.444 e. The molecule has 1 aromatic heterocycles. The van der Waals surface area contributed by atoms with Crippen molar-refractivity contribution in [2.45, 2.75) is 59.2 Å². The zero-order valence-electron chi connectivity index (χ0n) is 15.7. The van der Waals surface area contributed by atoms with Gasteiger partial charge in [-0.1, -0.05) is 55.8 Å². The molecular formula is C19H28N4O2. The van der Waals surface area contributed by atoms with Crippen molar-refractivity contribution in [2.24, 2.45) is 5.92 Å². The fourth-order valence-corrected chi connectivity index (χ4v) is 2.44. The zero-order chi connectivity index (χ0) is 18.4. The van der Waals surface area contributed by atoms with Gasteiger partial charge in [-0.15, -0.1) is 5.10 Å². The van der Waals surface area contributed by atoms with Gasteiger partial charge in [-0.2, -0.15) is 0 Å². The van der Waals surface area contributed by atoms with Gasteiger partial charge in [-0.25, -0.2) is 9.48 Å². The average Bonchev–Trinajstić information content (AvgIpc) is 3.01. The number of benzene rings is 1. The van der Waals surface area contributed by atoms with Gasteiger partial charge in [0.1, 0.15) is 11.3 Å². The second-order valence-corrected chi connectivity index (χ2v) is 7.33. The van der Waals surface area contributed by atoms with Crippen LogP contribution in [0.1, 0.15) is 41.0 Å². The molecule has 0 bridgehead atoms. The van der Waals surface area contributed by atoms with Gasteiger partial charge in [0, 0.05) is 5.56 Å². The highest BCUT2D eigenvalue weighted by atomic mass is 16.6. The van der Waals surface area contributed by atoms with Crippen molar-refractivity contribution >= 4 is 6.09 Å². The standard InChI is InChI=1S/C19H28N4O2/c1-6-14(2)16(20-18(24)25-19(3,4)5)12-23-13-17(21-22-23)15-10-8-7-9-11-15/h7-11,13-14,16H,6,12H2,1-5H3,(H,20,24)/t14-,16+/m0/s1. The quantitative estimate of drug-likeness (QED) is 0.863. The number of alkyl carbamates (subject to hydrolysis) is 1. The summed E-state index contributed by atoms with van der Waals surface area (Å²) in [5.74, 6) is 0.289. The first-order chi connectivity index (χ1) is 11.8. The van der Waals surface area contributed by atoms with E-state index in [9.17, 15) is 4.79 Å². The van der Waals surface area contributed by atoms with E-state index in [0.29, 0.717) is 6.54 Å². The first-order valence-corrected chi connectivity index (χ1v) is 8.73. The van der Waals surface area contributed by atoms with E-state index in [1.54, 1.807) is 4.68 Å². The molecule has 6 heteroatoms. The molecule has 0 radical (unpaired) electrons. The molecule has 2 atom stereocenters. The summed E-state index contributed by atoms with van der Waals surface area (Å²) < 4.78 is 7.15. The number of carbonyl (C=O) groups excluding carboxylic acids is 1. The first-order valence-electron chi connectivity index (χ1n) is 8.73. The molecule has 0 saturated heterocycles. The summed E-state index contributed by atoms with van der Waals surface area (Å²) in [6.07, 6.45) is 2.45. The summed E-state index contributed by atoms with van der Waals surface area (Å²) in [7, 11) is 0. The summed E-state index contributed by atoms with van der Waals surface area (Å²) in [6.45, 7) is 10.3. The molecule has 0 aliphatic heterocycles. The fourth-order valence-electron chi connectivity index (χ4n) is 2.44. The molecular weight excluding hydrogens is 316 g/mol. The Labute approximate surface area is 149 Å². The van der Waals surface area contributed by atoms with Crippen molar-refractivity contribution in [2.75, 3.05) is 0 Å². The van der Waals surface area contributed by atoms with Crippen LogP contribution in [0.15, 0.2) is 36.5 Å². The van der Waals surface area contributed by atoms with E-state index in [2.05, 4.69) is 29.5 Å². The van der Waals surface area contributed by atoms with Gasteiger partial charge >= 0.3 is 6.09 Å². The van der Waals surface area contributed by atoms with Crippen LogP contribution >= 0.6 is 0 Å². The predicted octanol–water partition coefficient (Wildman–Crippen LogP) is 3.88. The van der Waals surface area contributed by atoms with Crippen LogP contribution in [0.4, 0.5) is 4.79 Å². The van der Waals surface area contributed by atoms with Crippen LogP contribution in [0.25, 0.3) is 11.3 Å². The minimum atomic E-state index is -0.516. The van der Waals surface area contributed by atoms with Crippen molar-refractivity contribution in [1.29, 1.82) is 0 Å². The summed E-state index contributed by atoms with van der Waals surface area (Å²) in [4.78, 5) is 12.1. The van der Waals surface area contributed by atoms with Crippen molar-refractivity contribution in [3.63, 3.8) is 0 Å². The lowest BCUT2D eigenvalue weighted by Gasteiger charge is -2.26. The van der Waals surface area contributed by atoms with E-state index in [-0.39, 0.29) is 12.0 Å². The Morgan fingerprint density at radius 3 is 2.56 bits per heavy atom. The highest BCUT2D eigenvalue weighted by Gasteiger charge is 2.23. The van der Waals surface area contributed by atoms with E-state index < -0.39 is 11.7 Å². The molecule has 0 fully saturated rings. The van der Waals surface area contributed by atoms with E-state index in [0.717, 1.165) is 17.7 Å². The van der Waals surface area contributed by atoms with E-state index in [1.165, 1.54) is 0 Å². The highest BCUT2D eigenvalue weighted by molar-refractivity contribution is 5.68. The molecule has 0 saturated carbocycles. The number of rotatable bonds is 6. The maximum Gasteiger partial charge on any atom is 0.407 e. The van der Waals surface area contributed by atoms with Crippen LogP contribution in [0.2, 0.25) is 0 Å². The maximum absolute atomic E-state index is 12.1. The molecule has 1 aromatic carbocycles. The average molecular weight is 344 g/mol. The second-order valence-electron chi connectivity index (χ2n) is 7.33. The van der Waals surface area contributed by atoms with Gasteiger partial charge < -0.3 is 10.1 Å². The fraction of sp³-hybridized carbons (Fsp3) is 0.526. The smallest absolute Gasteiger partial charge is 0.407 e. The SMILES string of the molecule is CC[C@H](C)[C@@H](Cn1cc(-c2ccccc2)nn1)NC(=O)OC(C)(C)C. The van der Waals surface area contributed by atoms with Crippen molar-refractivity contribution in [3.8, 4) is 11.3 Å². The maximum atomic E-state index is 12.1. The summed E-state index contributed by atoms with van der Waals surface area (Å²) in [5.41, 5.74) is 1.33. The number of nitrogens with zero attached hydrogens (tertiary/aromatic N) is 3. The topological polar surface area (TPSA) is 69.0 Å². The molecule has 1 N–H and O–H groups in total. The number of hydrogen-bond acceptors (Lipinski definition) is 4. The number of hydrogen-bond donors (Lipinski definition) is 1. The van der Waals surface area contributed by atoms with Gasteiger partial charge in [0.2, 0.25) is 0 Å². The third kappa shape index (κ3) is 5.89. The molecule has 1 heterocycles. The summed E-state index contributed by atoms with van der Waals surface area (Å²) in [6, 6.07) is 9.84. The van der Waals surface area contributed by atoms with E-state index >= 15 is 0 Å². The molecule has 0 aliphatic carbocycles. The number of nitrogens with one attached hydrogen (secondary N) is 1. The third-order valence-electron chi connectivity index (χ3n) is 4.02. The number of ether oxygens (including phenoxy) is 1. The Morgan fingerprint density at radius 1 is 1.28 bits per heavy atom. The number of amides is 1. The molecule has 1 amide bonds. The molecule has 0 unspecified atom stereocenters. The lowest BCUT2D eigenvalue weighted by atomic mass is 9.99. The van der Waals surface area contributed by atoms with Gasteiger partial charge in [0.25, 0.3) is 0 Å². The molecule has 0 spiro atoms. The van der Waals surface area contributed by atoms with Crippen LogP contribution in [0, 0.1) is 5.92 Å². The summed E-state index contributed by atoms with van der Waals surface area (Å²) in [5, 5.41) is 11.4. The van der Waals surface area contributed by atoms with Crippen LogP contribution in [-0.4, -0.2) is 32.7 Å². The van der Waals surface area contributed by atoms with Gasteiger partial charge in [0.05, 0.1) is 18.8 Å². The van der Waals surface area contributed by atoms with Gasteiger partial charge in [0.15, 0.2) is 0 Å². The van der Waals surface area contributed by atoms with Crippen molar-refractivity contribution in [1.82, 2.24) is 20.3 Å². The van der Waals surface area contributed by atoms with E-state index in [1.807, 2.05) is 57.3 Å². The number of carbonyl (C=O) groups is 1. The van der Waals surface area contributed by atoms with Crippen LogP contribution in [-0.2, 0) is 11.3 Å². The third-order valence-corrected chi connectivity index (χ3v) is 4.02. The van der Waals surface area contributed by atoms with Crippen LogP contribution < -0.4 is 5.32 Å². The van der Waals surface area contributed by atoms with Crippen LogP contribution in [0.3, 0.4) is 0 Å². The van der Waals surface area contributed by atoms with Gasteiger partial charge in [-0.3, -0.25) is 0 Å². The Bertz CT molecular complexity index is 676. The largest absolute Gasteiger partial charge is 0.444 e. The lowest BCUT2D eigenvalue weighted by molar-refractivity contribution is 0.0479. The lowest BCUT2D eigenvalue weighted by Crippen LogP contribution is -2.44. The Balaban J connectivity index is 2.07. The second kappa shape index (κ2) is 8.14. The highest BCUT2D eigenvalue weighted by Crippen LogP contribution is 2.17. The molecule has 2 rings (SSSR count). The molecule has 0 aliphatic rings. The van der Waals surface area contributed by atoms with Crippen molar-refractivity contribution in [3.05, 3.63) is 36.5 Å². The van der Waals surface area contributed by atoms with Crippen molar-refractivity contribution < 1.29 is 9.53 Å². The Kier molecular flexibility index (Phi) is 6.17.